The minimum absolute atomic E-state index is 0.156. The maximum atomic E-state index is 11.7. The first kappa shape index (κ1) is 13.6. The number of hydrazine groups is 1. The van der Waals surface area contributed by atoms with Crippen LogP contribution in [0.3, 0.4) is 0 Å². The summed E-state index contributed by atoms with van der Waals surface area (Å²) in [4.78, 5) is 17.6. The molecule has 0 fully saturated rings. The maximum absolute atomic E-state index is 11.7. The van der Waals surface area contributed by atoms with Crippen LogP contribution < -0.4 is 11.3 Å². The van der Waals surface area contributed by atoms with Gasteiger partial charge in [-0.05, 0) is 30.7 Å². The third-order valence-electron chi connectivity index (χ3n) is 2.70. The lowest BCUT2D eigenvalue weighted by Gasteiger charge is -2.29. The van der Waals surface area contributed by atoms with E-state index in [1.165, 1.54) is 0 Å². The van der Waals surface area contributed by atoms with Crippen LogP contribution in [0, 0.1) is 5.92 Å². The Morgan fingerprint density at radius 1 is 1.47 bits per heavy atom. The fraction of sp³-hybridized carbons (Fsp3) is 0.500. The Bertz CT molecular complexity index is 353. The molecule has 94 valence electrons. The molecule has 5 heteroatoms. The summed E-state index contributed by atoms with van der Waals surface area (Å²) in [5, 5.41) is 0. The molecule has 1 amide bonds. The second kappa shape index (κ2) is 6.32. The summed E-state index contributed by atoms with van der Waals surface area (Å²) in [6.45, 7) is 4.70. The molecule has 0 saturated heterocycles. The van der Waals surface area contributed by atoms with Crippen LogP contribution in [-0.2, 0) is 11.3 Å². The van der Waals surface area contributed by atoms with E-state index in [9.17, 15) is 4.79 Å². The summed E-state index contributed by atoms with van der Waals surface area (Å²) in [5.74, 6) is 5.25. The first-order valence-electron chi connectivity index (χ1n) is 5.66. The lowest BCUT2D eigenvalue weighted by Crippen LogP contribution is -2.50. The minimum Gasteiger partial charge on any atom is -0.293 e. The number of hydrogen-bond donors (Lipinski definition) is 2. The normalized spacial score (nSPS) is 12.8. The van der Waals surface area contributed by atoms with E-state index in [2.05, 4.69) is 10.4 Å². The molecule has 17 heavy (non-hydrogen) atoms. The zero-order valence-electron chi connectivity index (χ0n) is 10.6. The fourth-order valence-corrected chi connectivity index (χ4v) is 1.97. The van der Waals surface area contributed by atoms with Gasteiger partial charge in [0.25, 0.3) is 5.91 Å². The SMILES string of the molecule is CC(C)C(C(=O)NN)N(C)Cc1ccncc1. The van der Waals surface area contributed by atoms with Gasteiger partial charge in [-0.2, -0.15) is 0 Å². The third-order valence-corrected chi connectivity index (χ3v) is 2.70. The summed E-state index contributed by atoms with van der Waals surface area (Å²) in [7, 11) is 1.92. The van der Waals surface area contributed by atoms with Crippen molar-refractivity contribution >= 4 is 5.91 Å². The molecule has 0 radical (unpaired) electrons. The van der Waals surface area contributed by atoms with Gasteiger partial charge in [0.2, 0.25) is 0 Å². The molecule has 1 heterocycles. The van der Waals surface area contributed by atoms with Crippen molar-refractivity contribution in [3.05, 3.63) is 30.1 Å². The highest BCUT2D eigenvalue weighted by atomic mass is 16.2. The van der Waals surface area contributed by atoms with Crippen molar-refractivity contribution in [2.75, 3.05) is 7.05 Å². The molecule has 1 aromatic heterocycles. The molecule has 1 atom stereocenters. The van der Waals surface area contributed by atoms with Crippen molar-refractivity contribution in [1.29, 1.82) is 0 Å². The maximum Gasteiger partial charge on any atom is 0.251 e. The largest absolute Gasteiger partial charge is 0.293 e. The Hall–Kier alpha value is -1.46. The number of amides is 1. The Kier molecular flexibility index (Phi) is 5.06. The van der Waals surface area contributed by atoms with E-state index in [0.717, 1.165) is 5.56 Å². The van der Waals surface area contributed by atoms with E-state index < -0.39 is 0 Å². The number of rotatable bonds is 5. The predicted octanol–water partition coefficient (Wildman–Crippen LogP) is 0.528. The van der Waals surface area contributed by atoms with Crippen LogP contribution in [-0.4, -0.2) is 28.9 Å². The molecule has 0 aromatic carbocycles. The zero-order valence-corrected chi connectivity index (χ0v) is 10.6. The van der Waals surface area contributed by atoms with Crippen LogP contribution in [0.1, 0.15) is 19.4 Å². The topological polar surface area (TPSA) is 71.2 Å². The molecule has 1 rings (SSSR count). The highest BCUT2D eigenvalue weighted by Gasteiger charge is 2.25. The molecular formula is C12H20N4O. The average molecular weight is 236 g/mol. The Morgan fingerprint density at radius 2 is 2.06 bits per heavy atom. The molecule has 1 aromatic rings. The number of nitrogens with one attached hydrogen (secondary N) is 1. The van der Waals surface area contributed by atoms with Gasteiger partial charge < -0.3 is 0 Å². The Balaban J connectivity index is 2.72. The summed E-state index contributed by atoms with van der Waals surface area (Å²) in [6, 6.07) is 3.65. The molecular weight excluding hydrogens is 216 g/mol. The Labute approximate surface area is 102 Å². The van der Waals surface area contributed by atoms with Crippen molar-refractivity contribution in [3.8, 4) is 0 Å². The van der Waals surface area contributed by atoms with Crippen LogP contribution in [0.4, 0.5) is 0 Å². The van der Waals surface area contributed by atoms with E-state index in [0.29, 0.717) is 6.54 Å². The van der Waals surface area contributed by atoms with E-state index in [4.69, 9.17) is 5.84 Å². The van der Waals surface area contributed by atoms with E-state index in [1.807, 2.05) is 37.9 Å². The third kappa shape index (κ3) is 3.80. The number of carbonyl (C=O) groups excluding carboxylic acids is 1. The standard InChI is InChI=1S/C12H20N4O/c1-9(2)11(12(17)15-13)16(3)8-10-4-6-14-7-5-10/h4-7,9,11H,8,13H2,1-3H3,(H,15,17). The van der Waals surface area contributed by atoms with Crippen LogP contribution >= 0.6 is 0 Å². The number of nitrogens with zero attached hydrogens (tertiary/aromatic N) is 2. The van der Waals surface area contributed by atoms with E-state index in [1.54, 1.807) is 12.4 Å². The fourth-order valence-electron chi connectivity index (χ4n) is 1.97. The molecule has 3 N–H and O–H groups in total. The van der Waals surface area contributed by atoms with Crippen molar-refractivity contribution in [2.24, 2.45) is 11.8 Å². The van der Waals surface area contributed by atoms with Crippen LogP contribution in [0.15, 0.2) is 24.5 Å². The molecule has 0 bridgehead atoms. The first-order chi connectivity index (χ1) is 8.06. The van der Waals surface area contributed by atoms with Gasteiger partial charge in [0.15, 0.2) is 0 Å². The highest BCUT2D eigenvalue weighted by molar-refractivity contribution is 5.81. The van der Waals surface area contributed by atoms with E-state index in [-0.39, 0.29) is 17.9 Å². The monoisotopic (exact) mass is 236 g/mol. The molecule has 0 aliphatic carbocycles. The van der Waals surface area contributed by atoms with Gasteiger partial charge >= 0.3 is 0 Å². The van der Waals surface area contributed by atoms with Gasteiger partial charge in [-0.3, -0.25) is 20.1 Å². The molecule has 0 aliphatic rings. The predicted molar refractivity (Wildman–Crippen MR) is 66.7 cm³/mol. The number of likely N-dealkylation sites (N-methyl/N-ethyl adjacent to an activating group) is 1. The summed E-state index contributed by atoms with van der Waals surface area (Å²) < 4.78 is 0. The number of aromatic nitrogens is 1. The van der Waals surface area contributed by atoms with E-state index >= 15 is 0 Å². The lowest BCUT2D eigenvalue weighted by atomic mass is 10.0. The smallest absolute Gasteiger partial charge is 0.251 e. The summed E-state index contributed by atoms with van der Waals surface area (Å²) >= 11 is 0. The van der Waals surface area contributed by atoms with Crippen molar-refractivity contribution in [3.63, 3.8) is 0 Å². The second-order valence-electron chi connectivity index (χ2n) is 4.47. The van der Waals surface area contributed by atoms with Crippen molar-refractivity contribution in [1.82, 2.24) is 15.3 Å². The highest BCUT2D eigenvalue weighted by Crippen LogP contribution is 2.12. The summed E-state index contributed by atoms with van der Waals surface area (Å²) in [5.41, 5.74) is 3.34. The molecule has 0 aliphatic heterocycles. The number of pyridine rings is 1. The second-order valence-corrected chi connectivity index (χ2v) is 4.47. The molecule has 0 saturated carbocycles. The van der Waals surface area contributed by atoms with Crippen molar-refractivity contribution < 1.29 is 4.79 Å². The minimum atomic E-state index is -0.229. The lowest BCUT2D eigenvalue weighted by molar-refractivity contribution is -0.127. The van der Waals surface area contributed by atoms with Gasteiger partial charge in [0, 0.05) is 18.9 Å². The van der Waals surface area contributed by atoms with Gasteiger partial charge in [0.05, 0.1) is 6.04 Å². The van der Waals surface area contributed by atoms with Crippen LogP contribution in [0.5, 0.6) is 0 Å². The molecule has 1 unspecified atom stereocenters. The number of hydrogen-bond acceptors (Lipinski definition) is 4. The zero-order chi connectivity index (χ0) is 12.8. The summed E-state index contributed by atoms with van der Waals surface area (Å²) in [6.07, 6.45) is 3.49. The van der Waals surface area contributed by atoms with Crippen molar-refractivity contribution in [2.45, 2.75) is 26.4 Å². The Morgan fingerprint density at radius 3 is 2.53 bits per heavy atom. The van der Waals surface area contributed by atoms with Gasteiger partial charge in [0.1, 0.15) is 0 Å². The quantitative estimate of drug-likeness (QED) is 0.444. The van der Waals surface area contributed by atoms with Gasteiger partial charge in [-0.1, -0.05) is 13.8 Å². The van der Waals surface area contributed by atoms with Crippen LogP contribution in [0.25, 0.3) is 0 Å². The van der Waals surface area contributed by atoms with Gasteiger partial charge in [-0.15, -0.1) is 0 Å². The molecule has 0 spiro atoms. The number of carbonyl (C=O) groups is 1. The number of nitrogens with two attached hydrogens (primary N) is 1. The first-order valence-corrected chi connectivity index (χ1v) is 5.66. The average Bonchev–Trinajstić information content (AvgIpc) is 2.29. The van der Waals surface area contributed by atoms with Gasteiger partial charge in [-0.25, -0.2) is 5.84 Å². The van der Waals surface area contributed by atoms with Crippen LogP contribution in [0.2, 0.25) is 0 Å². The molecule has 5 nitrogen and oxygen atoms in total.